The van der Waals surface area contributed by atoms with Gasteiger partial charge in [0, 0.05) is 17.5 Å². The summed E-state index contributed by atoms with van der Waals surface area (Å²) in [5.41, 5.74) is 8.03. The molecule has 2 aromatic rings. The van der Waals surface area contributed by atoms with Crippen LogP contribution in [0, 0.1) is 6.92 Å². The van der Waals surface area contributed by atoms with E-state index < -0.39 is 0 Å². The lowest BCUT2D eigenvalue weighted by atomic mass is 10.1. The van der Waals surface area contributed by atoms with Crippen molar-refractivity contribution in [2.24, 2.45) is 0 Å². The van der Waals surface area contributed by atoms with Gasteiger partial charge < -0.3 is 5.73 Å². The number of rotatable bonds is 1. The lowest BCUT2D eigenvalue weighted by Crippen LogP contribution is -1.95. The number of nitrogens with zero attached hydrogens (tertiary/aromatic N) is 3. The van der Waals surface area contributed by atoms with Crippen LogP contribution in [-0.4, -0.2) is 15.0 Å². The minimum absolute atomic E-state index is 0.288. The van der Waals surface area contributed by atoms with Crippen LogP contribution in [0.5, 0.6) is 0 Å². The molecule has 4 nitrogen and oxygen atoms in total. The lowest BCUT2D eigenvalue weighted by Gasteiger charge is -2.04. The van der Waals surface area contributed by atoms with Gasteiger partial charge in [-0.05, 0) is 19.1 Å². The summed E-state index contributed by atoms with van der Waals surface area (Å²) in [7, 11) is 0. The highest BCUT2D eigenvalue weighted by molar-refractivity contribution is 6.35. The zero-order chi connectivity index (χ0) is 10.8. The second-order valence-corrected chi connectivity index (χ2v) is 3.49. The van der Waals surface area contributed by atoms with Crippen LogP contribution in [0.15, 0.2) is 24.7 Å². The molecule has 76 valence electrons. The Morgan fingerprint density at radius 2 is 2.07 bits per heavy atom. The molecule has 0 saturated heterocycles. The zero-order valence-electron chi connectivity index (χ0n) is 8.11. The zero-order valence-corrected chi connectivity index (χ0v) is 8.86. The van der Waals surface area contributed by atoms with Crippen molar-refractivity contribution in [1.29, 1.82) is 0 Å². The third-order valence-corrected chi connectivity index (χ3v) is 2.36. The summed E-state index contributed by atoms with van der Waals surface area (Å²) in [6, 6.07) is 3.73. The molecule has 5 heteroatoms. The van der Waals surface area contributed by atoms with Crippen LogP contribution < -0.4 is 5.73 Å². The van der Waals surface area contributed by atoms with Crippen molar-refractivity contribution in [2.45, 2.75) is 6.92 Å². The van der Waals surface area contributed by atoms with Crippen LogP contribution >= 0.6 is 11.6 Å². The van der Waals surface area contributed by atoms with Crippen molar-refractivity contribution in [3.05, 3.63) is 35.4 Å². The Morgan fingerprint density at radius 1 is 1.27 bits per heavy atom. The molecule has 0 aliphatic rings. The summed E-state index contributed by atoms with van der Waals surface area (Å²) in [5.74, 6) is 0.288. The molecule has 0 unspecified atom stereocenters. The van der Waals surface area contributed by atoms with E-state index in [4.69, 9.17) is 17.3 Å². The van der Waals surface area contributed by atoms with E-state index in [1.807, 2.05) is 19.1 Å². The van der Waals surface area contributed by atoms with E-state index in [2.05, 4.69) is 15.0 Å². The van der Waals surface area contributed by atoms with Gasteiger partial charge in [-0.3, -0.25) is 4.98 Å². The summed E-state index contributed by atoms with van der Waals surface area (Å²) in [6.07, 6.45) is 3.10. The van der Waals surface area contributed by atoms with Crippen LogP contribution in [0.1, 0.15) is 5.69 Å². The molecule has 2 rings (SSSR count). The number of aryl methyl sites for hydroxylation is 1. The average molecular weight is 221 g/mol. The molecule has 0 atom stereocenters. The molecule has 0 aliphatic heterocycles. The Bertz CT molecular complexity index is 499. The lowest BCUT2D eigenvalue weighted by molar-refractivity contribution is 1.16. The number of nitrogen functional groups attached to an aromatic ring is 1. The molecule has 2 N–H and O–H groups in total. The molecular weight excluding hydrogens is 212 g/mol. The summed E-state index contributed by atoms with van der Waals surface area (Å²) in [6.45, 7) is 1.90. The van der Waals surface area contributed by atoms with E-state index in [1.54, 1.807) is 6.20 Å². The number of hydrogen-bond donors (Lipinski definition) is 1. The highest BCUT2D eigenvalue weighted by Gasteiger charge is 2.08. The number of nitrogens with two attached hydrogens (primary N) is 1. The number of halogens is 1. The van der Waals surface area contributed by atoms with Gasteiger partial charge in [-0.2, -0.15) is 0 Å². The maximum Gasteiger partial charge on any atom is 0.146 e. The van der Waals surface area contributed by atoms with Gasteiger partial charge >= 0.3 is 0 Å². The third-order valence-electron chi connectivity index (χ3n) is 1.99. The fraction of sp³-hybridized carbons (Fsp3) is 0.100. The smallest absolute Gasteiger partial charge is 0.146 e. The van der Waals surface area contributed by atoms with E-state index >= 15 is 0 Å². The van der Waals surface area contributed by atoms with Crippen molar-refractivity contribution in [3.63, 3.8) is 0 Å². The van der Waals surface area contributed by atoms with Crippen LogP contribution in [0.25, 0.3) is 11.3 Å². The molecule has 0 saturated carbocycles. The van der Waals surface area contributed by atoms with Crippen LogP contribution in [0.2, 0.25) is 5.02 Å². The quantitative estimate of drug-likeness (QED) is 0.799. The number of anilines is 1. The predicted octanol–water partition coefficient (Wildman–Crippen LogP) is 2.08. The molecule has 0 aliphatic carbocycles. The highest BCUT2D eigenvalue weighted by atomic mass is 35.5. The van der Waals surface area contributed by atoms with Gasteiger partial charge in [0.15, 0.2) is 0 Å². The Balaban J connectivity index is 2.59. The van der Waals surface area contributed by atoms with Crippen molar-refractivity contribution in [1.82, 2.24) is 15.0 Å². The van der Waals surface area contributed by atoms with E-state index in [0.29, 0.717) is 10.7 Å². The fourth-order valence-electron chi connectivity index (χ4n) is 1.28. The van der Waals surface area contributed by atoms with E-state index in [0.717, 1.165) is 11.3 Å². The van der Waals surface area contributed by atoms with Crippen LogP contribution in [0.3, 0.4) is 0 Å². The SMILES string of the molecule is Cc1cc(-c2ncnc(N)c2Cl)ccn1. The minimum Gasteiger partial charge on any atom is -0.382 e. The first-order valence-electron chi connectivity index (χ1n) is 4.37. The number of aromatic nitrogens is 3. The van der Waals surface area contributed by atoms with Crippen molar-refractivity contribution < 1.29 is 0 Å². The molecule has 0 spiro atoms. The average Bonchev–Trinajstić information content (AvgIpc) is 2.22. The molecule has 0 aromatic carbocycles. The van der Waals surface area contributed by atoms with Crippen molar-refractivity contribution in [2.75, 3.05) is 5.73 Å². The van der Waals surface area contributed by atoms with Crippen molar-refractivity contribution in [3.8, 4) is 11.3 Å². The molecule has 0 radical (unpaired) electrons. The van der Waals surface area contributed by atoms with Crippen LogP contribution in [-0.2, 0) is 0 Å². The monoisotopic (exact) mass is 220 g/mol. The van der Waals surface area contributed by atoms with Crippen LogP contribution in [0.4, 0.5) is 5.82 Å². The minimum atomic E-state index is 0.288. The number of pyridine rings is 1. The van der Waals surface area contributed by atoms with Gasteiger partial charge in [0.25, 0.3) is 0 Å². The Hall–Kier alpha value is -1.68. The molecule has 15 heavy (non-hydrogen) atoms. The Kier molecular flexibility index (Phi) is 2.51. The number of hydrogen-bond acceptors (Lipinski definition) is 4. The molecule has 2 heterocycles. The normalized spacial score (nSPS) is 10.3. The maximum atomic E-state index is 6.01. The standard InChI is InChI=1S/C10H9ClN4/c1-6-4-7(2-3-13-6)9-8(11)10(12)15-5-14-9/h2-5H,1H3,(H2,12,14,15). The van der Waals surface area contributed by atoms with E-state index in [9.17, 15) is 0 Å². The topological polar surface area (TPSA) is 64.7 Å². The Labute approximate surface area is 92.2 Å². The fourth-order valence-corrected chi connectivity index (χ4v) is 1.48. The molecule has 0 amide bonds. The van der Waals surface area contributed by atoms with Gasteiger partial charge in [0.1, 0.15) is 17.2 Å². The first-order valence-corrected chi connectivity index (χ1v) is 4.75. The van der Waals surface area contributed by atoms with E-state index in [1.165, 1.54) is 6.33 Å². The van der Waals surface area contributed by atoms with E-state index in [-0.39, 0.29) is 5.82 Å². The van der Waals surface area contributed by atoms with Gasteiger partial charge in [0.2, 0.25) is 0 Å². The van der Waals surface area contributed by atoms with Crippen molar-refractivity contribution >= 4 is 17.4 Å². The summed E-state index contributed by atoms with van der Waals surface area (Å²) in [5, 5.41) is 0.378. The summed E-state index contributed by atoms with van der Waals surface area (Å²) < 4.78 is 0. The third kappa shape index (κ3) is 1.89. The second-order valence-electron chi connectivity index (χ2n) is 3.11. The molecular formula is C10H9ClN4. The Morgan fingerprint density at radius 3 is 2.80 bits per heavy atom. The van der Waals surface area contributed by atoms with Gasteiger partial charge in [0.05, 0.1) is 5.69 Å². The summed E-state index contributed by atoms with van der Waals surface area (Å²) >= 11 is 6.01. The molecule has 2 aromatic heterocycles. The first kappa shape index (κ1) is 9.86. The van der Waals surface area contributed by atoms with Gasteiger partial charge in [-0.1, -0.05) is 11.6 Å². The van der Waals surface area contributed by atoms with Gasteiger partial charge in [-0.25, -0.2) is 9.97 Å². The van der Waals surface area contributed by atoms with Gasteiger partial charge in [-0.15, -0.1) is 0 Å². The summed E-state index contributed by atoms with van der Waals surface area (Å²) in [4.78, 5) is 12.0. The largest absolute Gasteiger partial charge is 0.382 e. The molecule has 0 bridgehead atoms. The maximum absolute atomic E-state index is 6.01. The highest BCUT2D eigenvalue weighted by Crippen LogP contribution is 2.28. The predicted molar refractivity (Wildman–Crippen MR) is 59.4 cm³/mol. The molecule has 0 fully saturated rings. The first-order chi connectivity index (χ1) is 7.18. The second kappa shape index (κ2) is 3.82.